The van der Waals surface area contributed by atoms with E-state index in [1.54, 1.807) is 0 Å². The smallest absolute Gasteiger partial charge is 0.320 e. The first-order valence-electron chi connectivity index (χ1n) is 7.15. The molecule has 5 unspecified atom stereocenters. The van der Waals surface area contributed by atoms with Crippen LogP contribution in [0.3, 0.4) is 0 Å². The second kappa shape index (κ2) is 4.27. The third-order valence-corrected chi connectivity index (χ3v) is 5.23. The Morgan fingerprint density at radius 3 is 2.65 bits per heavy atom. The number of fused-ring (bicyclic) bond motifs is 1. The summed E-state index contributed by atoms with van der Waals surface area (Å²) in [5.74, 6) is 1.68. The summed E-state index contributed by atoms with van der Waals surface area (Å²) in [7, 11) is 0. The van der Waals surface area contributed by atoms with E-state index in [0.29, 0.717) is 12.0 Å². The molecule has 2 saturated carbocycles. The van der Waals surface area contributed by atoms with E-state index in [1.165, 1.54) is 32.1 Å². The van der Waals surface area contributed by atoms with E-state index < -0.39 is 5.97 Å². The highest BCUT2D eigenvalue weighted by molar-refractivity contribution is 5.74. The molecule has 3 fully saturated rings. The molecular formula is C14H23NO2. The number of nitrogens with zero attached hydrogens (tertiary/aromatic N) is 1. The highest BCUT2D eigenvalue weighted by atomic mass is 16.4. The predicted molar refractivity (Wildman–Crippen MR) is 65.8 cm³/mol. The molecule has 2 aliphatic carbocycles. The average Bonchev–Trinajstić information content (AvgIpc) is 2.87. The van der Waals surface area contributed by atoms with Gasteiger partial charge in [0.25, 0.3) is 0 Å². The van der Waals surface area contributed by atoms with Crippen LogP contribution >= 0.6 is 0 Å². The van der Waals surface area contributed by atoms with E-state index in [-0.39, 0.29) is 6.04 Å². The SMILES string of the molecule is CC1CC1CN1C(C(=O)O)CC2CCCCC21. The number of carboxylic acids is 1. The van der Waals surface area contributed by atoms with Gasteiger partial charge in [0.05, 0.1) is 0 Å². The van der Waals surface area contributed by atoms with Crippen molar-refractivity contribution >= 4 is 5.97 Å². The van der Waals surface area contributed by atoms with Crippen molar-refractivity contribution in [3.8, 4) is 0 Å². The molecular weight excluding hydrogens is 214 g/mol. The van der Waals surface area contributed by atoms with Crippen LogP contribution in [-0.4, -0.2) is 34.6 Å². The van der Waals surface area contributed by atoms with Crippen molar-refractivity contribution in [1.82, 2.24) is 4.90 Å². The Labute approximate surface area is 103 Å². The van der Waals surface area contributed by atoms with Gasteiger partial charge < -0.3 is 5.11 Å². The Hall–Kier alpha value is -0.570. The minimum absolute atomic E-state index is 0.184. The zero-order valence-corrected chi connectivity index (χ0v) is 10.6. The maximum absolute atomic E-state index is 11.4. The summed E-state index contributed by atoms with van der Waals surface area (Å²) in [6.07, 6.45) is 7.30. The van der Waals surface area contributed by atoms with Crippen LogP contribution in [0, 0.1) is 17.8 Å². The molecule has 0 radical (unpaired) electrons. The highest BCUT2D eigenvalue weighted by Crippen LogP contribution is 2.44. The van der Waals surface area contributed by atoms with Crippen LogP contribution in [0.25, 0.3) is 0 Å². The second-order valence-electron chi connectivity index (χ2n) is 6.37. The van der Waals surface area contributed by atoms with Crippen LogP contribution in [0.1, 0.15) is 45.4 Å². The van der Waals surface area contributed by atoms with Crippen LogP contribution in [-0.2, 0) is 4.79 Å². The third kappa shape index (κ3) is 2.10. The molecule has 1 N–H and O–H groups in total. The van der Waals surface area contributed by atoms with Gasteiger partial charge in [0.2, 0.25) is 0 Å². The first-order chi connectivity index (χ1) is 8.16. The van der Waals surface area contributed by atoms with Crippen LogP contribution in [0.2, 0.25) is 0 Å². The lowest BCUT2D eigenvalue weighted by atomic mass is 9.84. The molecule has 3 aliphatic rings. The maximum Gasteiger partial charge on any atom is 0.320 e. The number of carbonyl (C=O) groups is 1. The fourth-order valence-electron chi connectivity index (χ4n) is 3.98. The minimum Gasteiger partial charge on any atom is -0.480 e. The Balaban J connectivity index is 1.72. The van der Waals surface area contributed by atoms with Gasteiger partial charge in [-0.05, 0) is 43.4 Å². The summed E-state index contributed by atoms with van der Waals surface area (Å²) >= 11 is 0. The van der Waals surface area contributed by atoms with Gasteiger partial charge in [-0.25, -0.2) is 0 Å². The molecule has 17 heavy (non-hydrogen) atoms. The molecule has 0 spiro atoms. The lowest BCUT2D eigenvalue weighted by molar-refractivity contribution is -0.142. The fourth-order valence-corrected chi connectivity index (χ4v) is 3.98. The summed E-state index contributed by atoms with van der Waals surface area (Å²) < 4.78 is 0. The van der Waals surface area contributed by atoms with E-state index in [9.17, 15) is 9.90 Å². The number of likely N-dealkylation sites (tertiary alicyclic amines) is 1. The minimum atomic E-state index is -0.590. The summed E-state index contributed by atoms with van der Waals surface area (Å²) in [6.45, 7) is 3.33. The Kier molecular flexibility index (Phi) is 2.89. The molecule has 3 rings (SSSR count). The van der Waals surface area contributed by atoms with E-state index in [2.05, 4.69) is 11.8 Å². The van der Waals surface area contributed by atoms with Gasteiger partial charge in [-0.1, -0.05) is 19.8 Å². The van der Waals surface area contributed by atoms with Gasteiger partial charge in [0.1, 0.15) is 6.04 Å². The monoisotopic (exact) mass is 237 g/mol. The second-order valence-corrected chi connectivity index (χ2v) is 6.37. The molecule has 0 amide bonds. The largest absolute Gasteiger partial charge is 0.480 e. The lowest BCUT2D eigenvalue weighted by Gasteiger charge is -2.33. The van der Waals surface area contributed by atoms with Crippen LogP contribution < -0.4 is 0 Å². The number of rotatable bonds is 3. The van der Waals surface area contributed by atoms with Crippen LogP contribution in [0.5, 0.6) is 0 Å². The number of hydrogen-bond acceptors (Lipinski definition) is 2. The molecule has 1 heterocycles. The summed E-state index contributed by atoms with van der Waals surface area (Å²) in [6, 6.07) is 0.397. The van der Waals surface area contributed by atoms with E-state index in [0.717, 1.165) is 24.8 Å². The Bertz CT molecular complexity index is 317. The van der Waals surface area contributed by atoms with Crippen molar-refractivity contribution in [2.24, 2.45) is 17.8 Å². The van der Waals surface area contributed by atoms with Gasteiger partial charge in [0.15, 0.2) is 0 Å². The standard InChI is InChI=1S/C14H23NO2/c1-9-6-11(9)8-15-12-5-3-2-4-10(12)7-13(15)14(16)17/h9-13H,2-8H2,1H3,(H,16,17). The van der Waals surface area contributed by atoms with Gasteiger partial charge >= 0.3 is 5.97 Å². The molecule has 0 aromatic carbocycles. The number of carboxylic acid groups (broad SMARTS) is 1. The third-order valence-electron chi connectivity index (χ3n) is 5.23. The highest BCUT2D eigenvalue weighted by Gasteiger charge is 2.47. The maximum atomic E-state index is 11.4. The van der Waals surface area contributed by atoms with Crippen molar-refractivity contribution in [2.45, 2.75) is 57.5 Å². The van der Waals surface area contributed by atoms with Crippen molar-refractivity contribution in [3.63, 3.8) is 0 Å². The summed E-state index contributed by atoms with van der Waals surface area (Å²) in [5, 5.41) is 9.39. The quantitative estimate of drug-likeness (QED) is 0.819. The van der Waals surface area contributed by atoms with Crippen molar-refractivity contribution in [1.29, 1.82) is 0 Å². The van der Waals surface area contributed by atoms with Crippen molar-refractivity contribution in [2.75, 3.05) is 6.54 Å². The average molecular weight is 237 g/mol. The Morgan fingerprint density at radius 2 is 2.00 bits per heavy atom. The van der Waals surface area contributed by atoms with E-state index in [1.807, 2.05) is 0 Å². The summed E-state index contributed by atoms with van der Waals surface area (Å²) in [5.41, 5.74) is 0. The molecule has 0 aromatic heterocycles. The summed E-state index contributed by atoms with van der Waals surface area (Å²) in [4.78, 5) is 13.7. The van der Waals surface area contributed by atoms with Gasteiger partial charge in [-0.2, -0.15) is 0 Å². The number of hydrogen-bond donors (Lipinski definition) is 1. The molecule has 5 atom stereocenters. The van der Waals surface area contributed by atoms with Gasteiger partial charge in [0, 0.05) is 12.6 Å². The molecule has 1 saturated heterocycles. The van der Waals surface area contributed by atoms with E-state index >= 15 is 0 Å². The zero-order chi connectivity index (χ0) is 12.0. The van der Waals surface area contributed by atoms with Crippen LogP contribution in [0.15, 0.2) is 0 Å². The zero-order valence-electron chi connectivity index (χ0n) is 10.6. The first kappa shape index (κ1) is 11.5. The molecule has 1 aliphatic heterocycles. The van der Waals surface area contributed by atoms with Gasteiger partial charge in [-0.3, -0.25) is 9.69 Å². The van der Waals surface area contributed by atoms with E-state index in [4.69, 9.17) is 0 Å². The number of aliphatic carboxylic acids is 1. The van der Waals surface area contributed by atoms with Crippen molar-refractivity contribution in [3.05, 3.63) is 0 Å². The predicted octanol–water partition coefficient (Wildman–Crippen LogP) is 2.36. The van der Waals surface area contributed by atoms with Crippen LogP contribution in [0.4, 0.5) is 0 Å². The van der Waals surface area contributed by atoms with Crippen molar-refractivity contribution < 1.29 is 9.90 Å². The molecule has 3 heteroatoms. The molecule has 0 aromatic rings. The normalized spacial score (nSPS) is 45.6. The van der Waals surface area contributed by atoms with Gasteiger partial charge in [-0.15, -0.1) is 0 Å². The lowest BCUT2D eigenvalue weighted by Crippen LogP contribution is -2.43. The molecule has 3 nitrogen and oxygen atoms in total. The fraction of sp³-hybridized carbons (Fsp3) is 0.929. The topological polar surface area (TPSA) is 40.5 Å². The first-order valence-corrected chi connectivity index (χ1v) is 7.15. The molecule has 0 bridgehead atoms. The molecule has 96 valence electrons. The Morgan fingerprint density at radius 1 is 1.29 bits per heavy atom.